The highest BCUT2D eigenvalue weighted by atomic mass is 31.1. The number of rotatable bonds is 15. The summed E-state index contributed by atoms with van der Waals surface area (Å²) in [4.78, 5) is 41.8. The molecule has 3 aliphatic rings. The molecule has 1 aliphatic carbocycles. The molecule has 310 valence electrons. The number of methoxy groups -OCH3 is 1. The smallest absolute Gasteiger partial charge is 0.332 e. The minimum absolute atomic E-state index is 0.0395. The largest absolute Gasteiger partial charge is 0.478 e. The van der Waals surface area contributed by atoms with Gasteiger partial charge in [0, 0.05) is 73.5 Å². The van der Waals surface area contributed by atoms with Crippen molar-refractivity contribution in [3.8, 4) is 11.5 Å². The van der Waals surface area contributed by atoms with Gasteiger partial charge in [0.2, 0.25) is 5.91 Å². The lowest BCUT2D eigenvalue weighted by Gasteiger charge is -2.26. The number of carbonyl (C=O) groups excluding carboxylic acids is 2. The van der Waals surface area contributed by atoms with Gasteiger partial charge in [0.1, 0.15) is 17.6 Å². The molecule has 5 aromatic carbocycles. The van der Waals surface area contributed by atoms with E-state index in [-0.39, 0.29) is 36.2 Å². The van der Waals surface area contributed by atoms with Gasteiger partial charge in [0.05, 0.1) is 5.92 Å². The topological polar surface area (TPSA) is 130 Å². The molecule has 0 radical (unpaired) electrons. The van der Waals surface area contributed by atoms with E-state index in [9.17, 15) is 19.5 Å². The molecule has 3 atom stereocenters. The van der Waals surface area contributed by atoms with E-state index in [1.807, 2.05) is 110 Å². The van der Waals surface area contributed by atoms with Gasteiger partial charge in [-0.25, -0.2) is 4.79 Å². The summed E-state index contributed by atoms with van der Waals surface area (Å²) in [7, 11) is 4.53. The molecule has 3 N–H and O–H groups in total. The first-order chi connectivity index (χ1) is 29.6. The second-order valence-electron chi connectivity index (χ2n) is 15.4. The van der Waals surface area contributed by atoms with Gasteiger partial charge in [-0.1, -0.05) is 97.6 Å². The summed E-state index contributed by atoms with van der Waals surface area (Å²) in [6.07, 6.45) is 4.32. The van der Waals surface area contributed by atoms with Crippen LogP contribution in [0.3, 0.4) is 0 Å². The quantitative estimate of drug-likeness (QED) is 0.0712. The van der Waals surface area contributed by atoms with Crippen molar-refractivity contribution in [2.75, 3.05) is 39.2 Å². The summed E-state index contributed by atoms with van der Waals surface area (Å²) < 4.78 is 17.7. The maximum atomic E-state index is 13.6. The predicted molar refractivity (Wildman–Crippen MR) is 241 cm³/mol. The third-order valence-corrected chi connectivity index (χ3v) is 13.6. The predicted octanol–water partition coefficient (Wildman–Crippen LogP) is 5.55. The molecule has 61 heavy (non-hydrogen) atoms. The Bertz CT molecular complexity index is 2620. The van der Waals surface area contributed by atoms with Gasteiger partial charge in [-0.15, -0.1) is 0 Å². The van der Waals surface area contributed by atoms with Crippen LogP contribution in [-0.2, 0) is 19.1 Å². The van der Waals surface area contributed by atoms with Gasteiger partial charge in [-0.3, -0.25) is 9.59 Å². The first-order valence-corrected chi connectivity index (χ1v) is 21.7. The Balaban J connectivity index is 0.909. The van der Waals surface area contributed by atoms with Crippen LogP contribution in [-0.4, -0.2) is 63.5 Å². The zero-order valence-electron chi connectivity index (χ0n) is 34.4. The lowest BCUT2D eigenvalue weighted by molar-refractivity contribution is -0.133. The lowest BCUT2D eigenvalue weighted by atomic mass is 9.82. The van der Waals surface area contributed by atoms with Crippen molar-refractivity contribution >= 4 is 59.5 Å². The van der Waals surface area contributed by atoms with Crippen LogP contribution < -0.4 is 46.6 Å². The van der Waals surface area contributed by atoms with E-state index in [1.165, 1.54) is 10.6 Å². The third kappa shape index (κ3) is 8.93. The number of anilines is 1. The summed E-state index contributed by atoms with van der Waals surface area (Å²) in [5.41, 5.74) is 4.74. The van der Waals surface area contributed by atoms with Crippen molar-refractivity contribution in [3.63, 3.8) is 0 Å². The van der Waals surface area contributed by atoms with Crippen molar-refractivity contribution in [1.29, 1.82) is 0 Å². The normalized spacial score (nSPS) is 17.6. The van der Waals surface area contributed by atoms with Crippen LogP contribution in [0.5, 0.6) is 11.5 Å². The summed E-state index contributed by atoms with van der Waals surface area (Å²) in [6.45, 7) is 4.86. The lowest BCUT2D eigenvalue weighted by Crippen LogP contribution is -2.33. The van der Waals surface area contributed by atoms with Crippen molar-refractivity contribution in [3.05, 3.63) is 166 Å². The molecular formula is C50H48N3O7P. The Hall–Kier alpha value is -6.32. The number of nitrogens with zero attached hydrogens (tertiary/aromatic N) is 1. The van der Waals surface area contributed by atoms with E-state index >= 15 is 0 Å². The zero-order valence-corrected chi connectivity index (χ0v) is 35.3. The highest BCUT2D eigenvalue weighted by Gasteiger charge is 2.43. The Kier molecular flexibility index (Phi) is 12.3. The van der Waals surface area contributed by atoms with Gasteiger partial charge in [0.25, 0.3) is 5.91 Å². The first-order valence-electron chi connectivity index (χ1n) is 20.4. The number of epoxide rings is 1. The van der Waals surface area contributed by atoms with Crippen molar-refractivity contribution in [1.82, 2.24) is 10.6 Å². The van der Waals surface area contributed by atoms with E-state index in [0.717, 1.165) is 38.1 Å². The Morgan fingerprint density at radius 2 is 1.56 bits per heavy atom. The van der Waals surface area contributed by atoms with Crippen LogP contribution >= 0.6 is 7.92 Å². The fraction of sp³-hybridized carbons (Fsp3) is 0.220. The molecule has 0 aromatic heterocycles. The SMILES string of the molecule is C=c1ccc2c(c1)Oc1cc(N(C)C)ccc1C=2C1=C(C(=O)O)CC(C(=O)NCCCCNC(=O)c2ccc(C3OC3OC)c(P(c3ccccc3)c3ccccc3)c2)C=C1. The average Bonchev–Trinajstić information content (AvgIpc) is 4.07. The number of hydrogen-bond donors (Lipinski definition) is 3. The molecule has 8 rings (SSSR count). The summed E-state index contributed by atoms with van der Waals surface area (Å²) in [5, 5.41) is 21.4. The Morgan fingerprint density at radius 3 is 2.21 bits per heavy atom. The van der Waals surface area contributed by atoms with E-state index in [1.54, 1.807) is 19.3 Å². The molecule has 0 spiro atoms. The van der Waals surface area contributed by atoms with E-state index < -0.39 is 19.8 Å². The number of allylic oxidation sites excluding steroid dienone is 2. The Morgan fingerprint density at radius 1 is 0.852 bits per heavy atom. The maximum absolute atomic E-state index is 13.6. The number of aliphatic carboxylic acids is 1. The molecule has 1 fully saturated rings. The summed E-state index contributed by atoms with van der Waals surface area (Å²) >= 11 is 0. The van der Waals surface area contributed by atoms with Crippen LogP contribution in [0.2, 0.25) is 0 Å². The molecule has 0 bridgehead atoms. The number of carbonyl (C=O) groups is 3. The Labute approximate surface area is 356 Å². The summed E-state index contributed by atoms with van der Waals surface area (Å²) in [5.74, 6) is -0.936. The standard InChI is InChI=1S/C50H48N3O7P/c1-31-17-21-38-42(27-31)59-43-30-34(53(2)3)20-24-39(43)45(38)37-22-18-32(28-41(37)49(56)57)47(54)51-25-11-12-26-52-48(55)33-19-23-40(46-50(58-4)60-46)44(29-33)61(35-13-7-5-8-14-35)36-15-9-6-10-16-36/h5-10,13-24,27,29-30,32,46,50H,1,11-12,25-26,28H2,2-4H3,(H,51,54)(H,52,55)(H,56,57). The van der Waals surface area contributed by atoms with E-state index in [4.69, 9.17) is 14.2 Å². The second-order valence-corrected chi connectivity index (χ2v) is 17.6. The fourth-order valence-electron chi connectivity index (χ4n) is 7.91. The molecule has 0 saturated carbocycles. The third-order valence-electron chi connectivity index (χ3n) is 11.1. The number of amides is 2. The van der Waals surface area contributed by atoms with E-state index in [0.29, 0.717) is 48.6 Å². The summed E-state index contributed by atoms with van der Waals surface area (Å²) in [6, 6.07) is 38.0. The number of fused-ring (bicyclic) bond motifs is 2. The number of ether oxygens (including phenoxy) is 3. The van der Waals surface area contributed by atoms with Crippen LogP contribution in [0, 0.1) is 5.92 Å². The number of carboxylic acids is 1. The maximum Gasteiger partial charge on any atom is 0.332 e. The zero-order chi connectivity index (χ0) is 42.6. The van der Waals surface area contributed by atoms with Crippen molar-refractivity contribution < 1.29 is 33.7 Å². The van der Waals surface area contributed by atoms with Gasteiger partial charge >= 0.3 is 5.97 Å². The van der Waals surface area contributed by atoms with Crippen LogP contribution in [0.4, 0.5) is 5.69 Å². The van der Waals surface area contributed by atoms with Gasteiger partial charge in [-0.05, 0) is 89.8 Å². The monoisotopic (exact) mass is 833 g/mol. The molecule has 1 saturated heterocycles. The highest BCUT2D eigenvalue weighted by molar-refractivity contribution is 7.79. The molecule has 11 heteroatoms. The fourth-order valence-corrected chi connectivity index (χ4v) is 10.4. The minimum atomic E-state index is -1.08. The molecular weight excluding hydrogens is 786 g/mol. The molecule has 2 aliphatic heterocycles. The average molecular weight is 834 g/mol. The molecule has 10 nitrogen and oxygen atoms in total. The highest BCUT2D eigenvalue weighted by Crippen LogP contribution is 2.44. The molecule has 5 aromatic rings. The number of carboxylic acid groups (broad SMARTS) is 1. The van der Waals surface area contributed by atoms with Crippen molar-refractivity contribution in [2.45, 2.75) is 31.7 Å². The number of nitrogens with one attached hydrogen (secondary N) is 2. The van der Waals surface area contributed by atoms with Gasteiger partial charge < -0.3 is 34.9 Å². The van der Waals surface area contributed by atoms with Crippen molar-refractivity contribution in [2.24, 2.45) is 5.92 Å². The van der Waals surface area contributed by atoms with Crippen LogP contribution in [0.25, 0.3) is 12.2 Å². The van der Waals surface area contributed by atoms with Gasteiger partial charge in [0.15, 0.2) is 6.29 Å². The number of hydrogen-bond acceptors (Lipinski definition) is 7. The minimum Gasteiger partial charge on any atom is -0.478 e. The number of benzene rings is 5. The second kappa shape index (κ2) is 18.1. The first kappa shape index (κ1) is 41.4. The molecule has 3 unspecified atom stereocenters. The van der Waals surface area contributed by atoms with Crippen LogP contribution in [0.15, 0.2) is 139 Å². The van der Waals surface area contributed by atoms with Gasteiger partial charge in [-0.2, -0.15) is 0 Å². The molecule has 2 amide bonds. The molecule has 2 heterocycles. The van der Waals surface area contributed by atoms with Crippen LogP contribution in [0.1, 0.15) is 46.9 Å². The number of unbranched alkanes of at least 4 members (excludes halogenated alkanes) is 1. The van der Waals surface area contributed by atoms with E-state index in [2.05, 4.69) is 41.5 Å².